The molecule has 1 atom stereocenters. The van der Waals surface area contributed by atoms with E-state index in [2.05, 4.69) is 28.2 Å². The molecule has 2 amide bonds. The molecule has 1 unspecified atom stereocenters. The lowest BCUT2D eigenvalue weighted by atomic mass is 10.1. The smallest absolute Gasteiger partial charge is 0.242 e. The van der Waals surface area contributed by atoms with E-state index in [4.69, 9.17) is 11.6 Å². The fourth-order valence-corrected chi connectivity index (χ4v) is 4.43. The first-order valence-corrected chi connectivity index (χ1v) is 12.4. The maximum atomic E-state index is 13.1. The van der Waals surface area contributed by atoms with Gasteiger partial charge in [0, 0.05) is 28.3 Å². The molecule has 2 rings (SSSR count). The van der Waals surface area contributed by atoms with E-state index in [9.17, 15) is 9.59 Å². The number of halogens is 2. The van der Waals surface area contributed by atoms with E-state index < -0.39 is 6.04 Å². The van der Waals surface area contributed by atoms with Gasteiger partial charge in [0.05, 0.1) is 5.75 Å². The van der Waals surface area contributed by atoms with Crippen molar-refractivity contribution in [3.63, 3.8) is 0 Å². The van der Waals surface area contributed by atoms with Crippen LogP contribution in [0.3, 0.4) is 0 Å². The molecule has 0 aromatic heterocycles. The largest absolute Gasteiger partial charge is 0.354 e. The third kappa shape index (κ3) is 8.32. The Morgan fingerprint density at radius 1 is 1.17 bits per heavy atom. The first kappa shape index (κ1) is 24.8. The van der Waals surface area contributed by atoms with Crippen LogP contribution < -0.4 is 5.32 Å². The molecule has 4 nitrogen and oxygen atoms in total. The van der Waals surface area contributed by atoms with Crippen LogP contribution in [0.5, 0.6) is 0 Å². The van der Waals surface area contributed by atoms with E-state index in [1.54, 1.807) is 11.8 Å². The zero-order valence-electron chi connectivity index (χ0n) is 17.4. The molecule has 0 aliphatic carbocycles. The summed E-state index contributed by atoms with van der Waals surface area (Å²) in [7, 11) is 0. The molecule has 0 saturated heterocycles. The fourth-order valence-electron chi connectivity index (χ4n) is 2.92. The van der Waals surface area contributed by atoms with Crippen molar-refractivity contribution in [2.45, 2.75) is 45.0 Å². The van der Waals surface area contributed by atoms with Gasteiger partial charge >= 0.3 is 0 Å². The number of benzene rings is 2. The lowest BCUT2D eigenvalue weighted by Gasteiger charge is -2.29. The minimum absolute atomic E-state index is 0.0554. The van der Waals surface area contributed by atoms with Crippen molar-refractivity contribution in [2.24, 2.45) is 0 Å². The molecule has 0 saturated carbocycles. The molecule has 0 heterocycles. The van der Waals surface area contributed by atoms with E-state index >= 15 is 0 Å². The number of carbonyl (C=O) groups excluding carboxylic acids is 2. The standard InChI is InChI=1S/C23H28BrClN2O2S/c1-3-4-11-26-23(29)17(2)27(14-18-7-5-9-20(24)12-18)22(28)16-30-15-19-8-6-10-21(25)13-19/h5-10,12-13,17H,3-4,11,14-16H2,1-2H3,(H,26,29). The molecule has 2 aromatic rings. The maximum Gasteiger partial charge on any atom is 0.242 e. The van der Waals surface area contributed by atoms with Gasteiger partial charge in [-0.25, -0.2) is 0 Å². The Bertz CT molecular complexity index is 849. The highest BCUT2D eigenvalue weighted by molar-refractivity contribution is 9.10. The molecule has 30 heavy (non-hydrogen) atoms. The fraction of sp³-hybridized carbons (Fsp3) is 0.391. The lowest BCUT2D eigenvalue weighted by Crippen LogP contribution is -2.48. The Morgan fingerprint density at radius 2 is 1.90 bits per heavy atom. The monoisotopic (exact) mass is 510 g/mol. The molecule has 0 spiro atoms. The lowest BCUT2D eigenvalue weighted by molar-refractivity contribution is -0.138. The Morgan fingerprint density at radius 3 is 2.60 bits per heavy atom. The number of amides is 2. The predicted octanol–water partition coefficient (Wildman–Crippen LogP) is 5.67. The van der Waals surface area contributed by atoms with Crippen molar-refractivity contribution in [1.29, 1.82) is 0 Å². The summed E-state index contributed by atoms with van der Waals surface area (Å²) in [5, 5.41) is 3.63. The maximum absolute atomic E-state index is 13.1. The SMILES string of the molecule is CCCCNC(=O)C(C)N(Cc1cccc(Br)c1)C(=O)CSCc1cccc(Cl)c1. The van der Waals surface area contributed by atoms with Crippen molar-refractivity contribution < 1.29 is 9.59 Å². The highest BCUT2D eigenvalue weighted by Crippen LogP contribution is 2.19. The first-order valence-electron chi connectivity index (χ1n) is 10.0. The van der Waals surface area contributed by atoms with Gasteiger partial charge in [0.25, 0.3) is 0 Å². The second-order valence-electron chi connectivity index (χ2n) is 7.09. The summed E-state index contributed by atoms with van der Waals surface area (Å²) in [5.74, 6) is 0.813. The van der Waals surface area contributed by atoms with Crippen LogP contribution in [-0.2, 0) is 21.9 Å². The molecule has 0 bridgehead atoms. The van der Waals surface area contributed by atoms with Crippen LogP contribution in [0, 0.1) is 0 Å². The van der Waals surface area contributed by atoms with Crippen molar-refractivity contribution in [3.05, 3.63) is 69.2 Å². The van der Waals surface area contributed by atoms with Gasteiger partial charge in [-0.15, -0.1) is 11.8 Å². The number of thioether (sulfide) groups is 1. The van der Waals surface area contributed by atoms with Gasteiger partial charge in [0.2, 0.25) is 11.8 Å². The molecule has 0 aliphatic heterocycles. The van der Waals surface area contributed by atoms with Gasteiger partial charge in [0.1, 0.15) is 6.04 Å². The van der Waals surface area contributed by atoms with Gasteiger partial charge in [-0.05, 0) is 48.7 Å². The number of unbranched alkanes of at least 4 members (excludes halogenated alkanes) is 1. The molecule has 0 fully saturated rings. The topological polar surface area (TPSA) is 49.4 Å². The third-order valence-corrected chi connectivity index (χ3v) is 6.34. The number of nitrogens with one attached hydrogen (secondary N) is 1. The number of carbonyl (C=O) groups is 2. The molecule has 162 valence electrons. The number of nitrogens with zero attached hydrogens (tertiary/aromatic N) is 1. The Kier molecular flexibility index (Phi) is 10.8. The molecular weight excluding hydrogens is 484 g/mol. The summed E-state index contributed by atoms with van der Waals surface area (Å²) in [6.07, 6.45) is 1.93. The average Bonchev–Trinajstić information content (AvgIpc) is 2.71. The molecule has 7 heteroatoms. The average molecular weight is 512 g/mol. The van der Waals surface area contributed by atoms with Crippen LogP contribution in [0.2, 0.25) is 5.02 Å². The van der Waals surface area contributed by atoms with Crippen molar-refractivity contribution in [3.8, 4) is 0 Å². The van der Waals surface area contributed by atoms with Crippen molar-refractivity contribution >= 4 is 51.1 Å². The normalized spacial score (nSPS) is 11.7. The number of hydrogen-bond donors (Lipinski definition) is 1. The van der Waals surface area contributed by atoms with Gasteiger partial charge in [0.15, 0.2) is 0 Å². The molecule has 0 radical (unpaired) electrons. The van der Waals surface area contributed by atoms with Gasteiger partial charge < -0.3 is 10.2 Å². The van der Waals surface area contributed by atoms with E-state index in [-0.39, 0.29) is 11.8 Å². The summed E-state index contributed by atoms with van der Waals surface area (Å²) >= 11 is 11.0. The molecule has 0 aliphatic rings. The molecule has 2 aromatic carbocycles. The van der Waals surface area contributed by atoms with Gasteiger partial charge in [-0.1, -0.05) is 65.1 Å². The minimum atomic E-state index is -0.542. The zero-order valence-corrected chi connectivity index (χ0v) is 20.5. The molecular formula is C23H28BrClN2O2S. The number of rotatable bonds is 11. The van der Waals surface area contributed by atoms with E-state index in [0.29, 0.717) is 29.6 Å². The van der Waals surface area contributed by atoms with Gasteiger partial charge in [-0.2, -0.15) is 0 Å². The molecule has 1 N–H and O–H groups in total. The highest BCUT2D eigenvalue weighted by Gasteiger charge is 2.25. The Labute approximate surface area is 196 Å². The van der Waals surface area contributed by atoms with E-state index in [0.717, 1.165) is 28.4 Å². The number of hydrogen-bond acceptors (Lipinski definition) is 3. The van der Waals surface area contributed by atoms with Crippen LogP contribution in [0.4, 0.5) is 0 Å². The van der Waals surface area contributed by atoms with Gasteiger partial charge in [-0.3, -0.25) is 9.59 Å². The van der Waals surface area contributed by atoms with Crippen LogP contribution in [-0.4, -0.2) is 35.1 Å². The van der Waals surface area contributed by atoms with E-state index in [1.165, 1.54) is 11.8 Å². The summed E-state index contributed by atoms with van der Waals surface area (Å²) in [6.45, 7) is 4.88. The Hall–Kier alpha value is -1.50. The second-order valence-corrected chi connectivity index (χ2v) is 9.43. The first-order chi connectivity index (χ1) is 14.4. The summed E-state index contributed by atoms with van der Waals surface area (Å²) in [4.78, 5) is 27.3. The summed E-state index contributed by atoms with van der Waals surface area (Å²) in [6, 6.07) is 14.9. The quantitative estimate of drug-likeness (QED) is 0.396. The minimum Gasteiger partial charge on any atom is -0.354 e. The predicted molar refractivity (Wildman–Crippen MR) is 130 cm³/mol. The van der Waals surface area contributed by atoms with Crippen LogP contribution in [0.1, 0.15) is 37.8 Å². The van der Waals surface area contributed by atoms with E-state index in [1.807, 2.05) is 48.5 Å². The second kappa shape index (κ2) is 13.0. The third-order valence-electron chi connectivity index (χ3n) is 4.62. The summed E-state index contributed by atoms with van der Waals surface area (Å²) in [5.41, 5.74) is 2.05. The highest BCUT2D eigenvalue weighted by atomic mass is 79.9. The summed E-state index contributed by atoms with van der Waals surface area (Å²) < 4.78 is 0.947. The van der Waals surface area contributed by atoms with Crippen molar-refractivity contribution in [2.75, 3.05) is 12.3 Å². The zero-order chi connectivity index (χ0) is 21.9. The van der Waals surface area contributed by atoms with Crippen LogP contribution in [0.15, 0.2) is 53.0 Å². The van der Waals surface area contributed by atoms with Crippen LogP contribution >= 0.6 is 39.3 Å². The van der Waals surface area contributed by atoms with Crippen molar-refractivity contribution in [1.82, 2.24) is 10.2 Å². The van der Waals surface area contributed by atoms with Crippen LogP contribution in [0.25, 0.3) is 0 Å². The Balaban J connectivity index is 2.04.